The van der Waals surface area contributed by atoms with Crippen molar-refractivity contribution in [3.05, 3.63) is 0 Å². The van der Waals surface area contributed by atoms with Gasteiger partial charge in [-0.1, -0.05) is 0 Å². The third-order valence-electron chi connectivity index (χ3n) is 0.577. The normalized spacial score (nSPS) is 11.1. The van der Waals surface area contributed by atoms with Crippen LogP contribution in [0.5, 0.6) is 0 Å². The molecule has 0 aliphatic heterocycles. The molecule has 0 bridgehead atoms. The fourth-order valence-electron chi connectivity index (χ4n) is 0.354. The van der Waals surface area contributed by atoms with Crippen LogP contribution < -0.4 is 75.4 Å². The summed E-state index contributed by atoms with van der Waals surface area (Å²) >= 11 is 0. The molecule has 0 radical (unpaired) electrons. The molecule has 0 aliphatic rings. The molecule has 0 fully saturated rings. The van der Waals surface area contributed by atoms with Gasteiger partial charge in [0.2, 0.25) is 0 Å². The van der Waals surface area contributed by atoms with Crippen LogP contribution in [0, 0.1) is 0 Å². The maximum atomic E-state index is 9.51. The van der Waals surface area contributed by atoms with Crippen LogP contribution in [0.25, 0.3) is 0 Å². The van der Waals surface area contributed by atoms with Crippen LogP contribution in [0.1, 0.15) is 0 Å². The third kappa shape index (κ3) is 49.5. The van der Waals surface area contributed by atoms with Gasteiger partial charge in [-0.25, -0.2) is 33.7 Å². The second-order valence-corrected chi connectivity index (χ2v) is 8.81. The SMILES string of the molecule is O=S(=O)([O-])CS(=O)(=O)[O-].O=S(=O)([O-])CS(=O)(=O)[O-].[Li+].[Li+].[Li+].[Li+]. The van der Waals surface area contributed by atoms with E-state index in [1.165, 1.54) is 0 Å². The summed E-state index contributed by atoms with van der Waals surface area (Å²) < 4.78 is 114. The van der Waals surface area contributed by atoms with Crippen molar-refractivity contribution in [1.29, 1.82) is 0 Å². The molecule has 0 spiro atoms. The summed E-state index contributed by atoms with van der Waals surface area (Å²) in [5, 5.41) is -3.75. The van der Waals surface area contributed by atoms with Crippen LogP contribution in [0.3, 0.4) is 0 Å². The summed E-state index contributed by atoms with van der Waals surface area (Å²) in [6, 6.07) is 0. The molecule has 20 heteroatoms. The molecule has 0 unspecified atom stereocenters. The molecule has 0 saturated heterocycles. The van der Waals surface area contributed by atoms with E-state index in [0.29, 0.717) is 0 Å². The predicted octanol–water partition coefficient (Wildman–Crippen LogP) is -15.9. The van der Waals surface area contributed by atoms with Crippen molar-refractivity contribution >= 4 is 40.5 Å². The van der Waals surface area contributed by atoms with E-state index >= 15 is 0 Å². The predicted molar refractivity (Wildman–Crippen MR) is 48.5 cm³/mol. The molecule has 112 valence electrons. The Balaban J connectivity index is -0.0000000492. The van der Waals surface area contributed by atoms with Crippen LogP contribution in [0.4, 0.5) is 0 Å². The van der Waals surface area contributed by atoms with Crippen LogP contribution in [0.2, 0.25) is 0 Å². The summed E-state index contributed by atoms with van der Waals surface area (Å²) in [6.07, 6.45) is 0. The van der Waals surface area contributed by atoms with Gasteiger partial charge in [0.05, 0.1) is 0 Å². The molecule has 0 aromatic rings. The third-order valence-corrected chi connectivity index (χ3v) is 5.20. The van der Waals surface area contributed by atoms with Gasteiger partial charge in [-0.15, -0.1) is 0 Å². The van der Waals surface area contributed by atoms with Gasteiger partial charge in [0, 0.05) is 0 Å². The van der Waals surface area contributed by atoms with Crippen molar-refractivity contribution in [3.63, 3.8) is 0 Å². The van der Waals surface area contributed by atoms with Gasteiger partial charge < -0.3 is 18.2 Å². The molecule has 0 N–H and O–H groups in total. The molecule has 0 amide bonds. The fraction of sp³-hybridized carbons (Fsp3) is 1.00. The average Bonchev–Trinajstić information content (AvgIpc) is 1.64. The fourth-order valence-corrected chi connectivity index (χ4v) is 3.18. The van der Waals surface area contributed by atoms with Gasteiger partial charge >= 0.3 is 75.4 Å². The van der Waals surface area contributed by atoms with Crippen LogP contribution in [-0.2, 0) is 40.5 Å². The van der Waals surface area contributed by atoms with E-state index < -0.39 is 50.6 Å². The Bertz CT molecular complexity index is 549. The van der Waals surface area contributed by atoms with E-state index in [9.17, 15) is 51.9 Å². The van der Waals surface area contributed by atoms with Crippen molar-refractivity contribution in [3.8, 4) is 0 Å². The molecule has 0 aromatic heterocycles. The van der Waals surface area contributed by atoms with Crippen molar-refractivity contribution in [2.75, 3.05) is 10.2 Å². The molecule has 0 aromatic carbocycles. The minimum absolute atomic E-state index is 0. The molecule has 0 heterocycles. The van der Waals surface area contributed by atoms with Gasteiger partial charge in [0.25, 0.3) is 0 Å². The molecule has 0 aliphatic carbocycles. The number of hydrogen-bond donors (Lipinski definition) is 0. The van der Waals surface area contributed by atoms with Gasteiger partial charge in [-0.05, 0) is 0 Å². The minimum Gasteiger partial charge on any atom is -0.747 e. The number of hydrogen-bond acceptors (Lipinski definition) is 12. The summed E-state index contributed by atoms with van der Waals surface area (Å²) in [5.74, 6) is 0. The zero-order valence-electron chi connectivity index (χ0n) is 11.9. The average molecular weight is 376 g/mol. The first-order valence-corrected chi connectivity index (χ1v) is 9.46. The largest absolute Gasteiger partial charge is 1.00 e. The Kier molecular flexibility index (Phi) is 25.4. The first-order valence-electron chi connectivity index (χ1n) is 3.15. The first kappa shape index (κ1) is 39.2. The van der Waals surface area contributed by atoms with E-state index in [-0.39, 0.29) is 75.4 Å². The molecular weight excluding hydrogens is 372 g/mol. The standard InChI is InChI=1S/2CH4O6S2.4Li/c2*2-8(3,4)1-9(5,6)7;;;;/h2*1H2,(H,2,3,4)(H,5,6,7);;;;/q;;4*+1/p-4. The van der Waals surface area contributed by atoms with Gasteiger partial charge in [-0.2, -0.15) is 0 Å². The van der Waals surface area contributed by atoms with E-state index in [4.69, 9.17) is 0 Å². The van der Waals surface area contributed by atoms with Crippen molar-refractivity contribution in [2.45, 2.75) is 0 Å². The van der Waals surface area contributed by atoms with E-state index in [2.05, 4.69) is 0 Å². The van der Waals surface area contributed by atoms with E-state index in [1.54, 1.807) is 0 Å². The van der Waals surface area contributed by atoms with Gasteiger partial charge in [0.1, 0.15) is 50.6 Å². The molecule has 0 atom stereocenters. The van der Waals surface area contributed by atoms with Gasteiger partial charge in [0.15, 0.2) is 0 Å². The maximum Gasteiger partial charge on any atom is 1.00 e. The molecule has 0 rings (SSSR count). The summed E-state index contributed by atoms with van der Waals surface area (Å²) in [4.78, 5) is 0. The Labute approximate surface area is 176 Å². The first-order chi connectivity index (χ1) is 7.41. The smallest absolute Gasteiger partial charge is 0.747 e. The van der Waals surface area contributed by atoms with Crippen LogP contribution in [-0.4, -0.2) is 62.1 Å². The second kappa shape index (κ2) is 14.2. The van der Waals surface area contributed by atoms with Crippen molar-refractivity contribution < 1.29 is 127 Å². The van der Waals surface area contributed by atoms with Crippen molar-refractivity contribution in [2.24, 2.45) is 0 Å². The zero-order chi connectivity index (χ0) is 15.4. The molecule has 22 heavy (non-hydrogen) atoms. The molecule has 12 nitrogen and oxygen atoms in total. The quantitative estimate of drug-likeness (QED) is 0.329. The van der Waals surface area contributed by atoms with Crippen LogP contribution in [0.15, 0.2) is 0 Å². The minimum atomic E-state index is -4.93. The molecular formula is C2H4Li4O12S4. The zero-order valence-corrected chi connectivity index (χ0v) is 15.2. The Morgan fingerprint density at radius 1 is 0.409 bits per heavy atom. The number of rotatable bonds is 4. The Morgan fingerprint density at radius 3 is 0.500 bits per heavy atom. The second-order valence-electron chi connectivity index (χ2n) is 2.47. The van der Waals surface area contributed by atoms with Crippen molar-refractivity contribution in [1.82, 2.24) is 0 Å². The monoisotopic (exact) mass is 376 g/mol. The van der Waals surface area contributed by atoms with E-state index in [1.807, 2.05) is 0 Å². The van der Waals surface area contributed by atoms with Crippen LogP contribution >= 0.6 is 0 Å². The summed E-state index contributed by atoms with van der Waals surface area (Å²) in [6.45, 7) is 0. The molecule has 0 saturated carbocycles. The summed E-state index contributed by atoms with van der Waals surface area (Å²) in [7, 11) is -19.7. The Hall–Kier alpha value is 2.03. The summed E-state index contributed by atoms with van der Waals surface area (Å²) in [5.41, 5.74) is 0. The maximum absolute atomic E-state index is 9.51. The van der Waals surface area contributed by atoms with E-state index in [0.717, 1.165) is 0 Å². The Morgan fingerprint density at radius 2 is 0.500 bits per heavy atom. The topological polar surface area (TPSA) is 229 Å². The van der Waals surface area contributed by atoms with Gasteiger partial charge in [-0.3, -0.25) is 0 Å².